The van der Waals surface area contributed by atoms with Gasteiger partial charge in [-0.05, 0) is 38.3 Å². The maximum Gasteiger partial charge on any atom is 0.0443 e. The lowest BCUT2D eigenvalue weighted by Crippen LogP contribution is -2.45. The van der Waals surface area contributed by atoms with Crippen LogP contribution in [0.25, 0.3) is 0 Å². The van der Waals surface area contributed by atoms with Crippen LogP contribution >= 0.6 is 0 Å². The highest BCUT2D eigenvalue weighted by atomic mass is 16.3. The Hall–Kier alpha value is -0.120. The summed E-state index contributed by atoms with van der Waals surface area (Å²) in [6.45, 7) is 5.03. The zero-order chi connectivity index (χ0) is 9.10. The third-order valence-corrected chi connectivity index (χ3v) is 3.40. The van der Waals surface area contributed by atoms with Gasteiger partial charge >= 0.3 is 0 Å². The molecule has 3 nitrogen and oxygen atoms in total. The van der Waals surface area contributed by atoms with Crippen molar-refractivity contribution in [1.29, 1.82) is 0 Å². The summed E-state index contributed by atoms with van der Waals surface area (Å²) in [5.41, 5.74) is 0. The zero-order valence-electron chi connectivity index (χ0n) is 8.21. The summed E-state index contributed by atoms with van der Waals surface area (Å²) in [5.74, 6) is 0.882. The number of nitrogens with one attached hydrogen (secondary N) is 1. The number of aliphatic hydroxyl groups is 1. The average molecular weight is 184 g/mol. The quantitative estimate of drug-likeness (QED) is 0.651. The van der Waals surface area contributed by atoms with Gasteiger partial charge in [0.05, 0.1) is 0 Å². The first-order valence-electron chi connectivity index (χ1n) is 5.47. The Kier molecular flexibility index (Phi) is 3.19. The van der Waals surface area contributed by atoms with Crippen molar-refractivity contribution in [3.63, 3.8) is 0 Å². The molecule has 2 N–H and O–H groups in total. The molecule has 3 heteroatoms. The van der Waals surface area contributed by atoms with E-state index in [1.54, 1.807) is 0 Å². The minimum Gasteiger partial charge on any atom is -0.396 e. The van der Waals surface area contributed by atoms with Crippen molar-refractivity contribution in [3.05, 3.63) is 0 Å². The summed E-state index contributed by atoms with van der Waals surface area (Å²) in [4.78, 5) is 2.56. The molecule has 0 bridgehead atoms. The lowest BCUT2D eigenvalue weighted by Gasteiger charge is -2.36. The largest absolute Gasteiger partial charge is 0.396 e. The van der Waals surface area contributed by atoms with Gasteiger partial charge in [-0.3, -0.25) is 4.90 Å². The van der Waals surface area contributed by atoms with Gasteiger partial charge in [0.15, 0.2) is 0 Å². The number of piperidine rings is 1. The average Bonchev–Trinajstić information content (AvgIpc) is 2.62. The van der Waals surface area contributed by atoms with Gasteiger partial charge in [0.2, 0.25) is 0 Å². The van der Waals surface area contributed by atoms with Crippen LogP contribution in [0.4, 0.5) is 0 Å². The fourth-order valence-corrected chi connectivity index (χ4v) is 2.71. The number of nitrogens with zero attached hydrogens (tertiary/aromatic N) is 1. The molecule has 2 saturated heterocycles. The summed E-state index contributed by atoms with van der Waals surface area (Å²) in [6.07, 6.45) is 3.67. The van der Waals surface area contributed by atoms with E-state index in [9.17, 15) is 0 Å². The smallest absolute Gasteiger partial charge is 0.0443 e. The number of aliphatic hydroxyl groups excluding tert-OH is 1. The minimum atomic E-state index is 0.335. The molecule has 2 fully saturated rings. The van der Waals surface area contributed by atoms with E-state index in [0.29, 0.717) is 6.61 Å². The second-order valence-corrected chi connectivity index (χ2v) is 4.24. The molecule has 0 radical (unpaired) electrons. The Bertz CT molecular complexity index is 163. The summed E-state index contributed by atoms with van der Waals surface area (Å²) in [7, 11) is 0. The highest BCUT2D eigenvalue weighted by Gasteiger charge is 2.34. The molecule has 0 aromatic carbocycles. The first-order chi connectivity index (χ1) is 6.42. The molecule has 2 rings (SSSR count). The van der Waals surface area contributed by atoms with Crippen molar-refractivity contribution in [1.82, 2.24) is 10.2 Å². The molecule has 0 spiro atoms. The van der Waals surface area contributed by atoms with Crippen LogP contribution in [0.15, 0.2) is 0 Å². The Balaban J connectivity index is 1.86. The van der Waals surface area contributed by atoms with Gasteiger partial charge in [0, 0.05) is 25.7 Å². The molecule has 2 atom stereocenters. The second-order valence-electron chi connectivity index (χ2n) is 4.24. The first-order valence-corrected chi connectivity index (χ1v) is 5.47. The molecule has 2 aliphatic heterocycles. The van der Waals surface area contributed by atoms with Crippen LogP contribution in [0.1, 0.15) is 19.3 Å². The molecule has 2 aliphatic rings. The first kappa shape index (κ1) is 9.44. The maximum absolute atomic E-state index is 8.80. The van der Waals surface area contributed by atoms with Crippen LogP contribution in [0.2, 0.25) is 0 Å². The van der Waals surface area contributed by atoms with Crippen molar-refractivity contribution >= 4 is 0 Å². The van der Waals surface area contributed by atoms with Crippen molar-refractivity contribution in [2.45, 2.75) is 25.3 Å². The molecule has 76 valence electrons. The summed E-state index contributed by atoms with van der Waals surface area (Å²) in [6, 6.07) is 0.764. The summed E-state index contributed by atoms with van der Waals surface area (Å²) >= 11 is 0. The van der Waals surface area contributed by atoms with E-state index in [-0.39, 0.29) is 0 Å². The Labute approximate surface area is 80.1 Å². The van der Waals surface area contributed by atoms with E-state index < -0.39 is 0 Å². The topological polar surface area (TPSA) is 35.5 Å². The van der Waals surface area contributed by atoms with Gasteiger partial charge in [-0.2, -0.15) is 0 Å². The van der Waals surface area contributed by atoms with Crippen LogP contribution in [-0.2, 0) is 0 Å². The third kappa shape index (κ3) is 2.03. The van der Waals surface area contributed by atoms with Crippen LogP contribution in [0.5, 0.6) is 0 Å². The van der Waals surface area contributed by atoms with E-state index in [1.807, 2.05) is 0 Å². The standard InChI is InChI=1S/C10H20N2O/c13-6-2-5-12-4-1-3-9-7-11-8-10(9)12/h9-11,13H,1-8H2. The molecular formula is C10H20N2O. The summed E-state index contributed by atoms with van der Waals surface area (Å²) in [5, 5.41) is 12.3. The third-order valence-electron chi connectivity index (χ3n) is 3.40. The van der Waals surface area contributed by atoms with Gasteiger partial charge < -0.3 is 10.4 Å². The molecule has 0 amide bonds. The number of rotatable bonds is 3. The Morgan fingerprint density at radius 1 is 1.38 bits per heavy atom. The predicted molar refractivity (Wildman–Crippen MR) is 52.7 cm³/mol. The summed E-state index contributed by atoms with van der Waals surface area (Å²) < 4.78 is 0. The molecule has 2 unspecified atom stereocenters. The van der Waals surface area contributed by atoms with Crippen LogP contribution in [0, 0.1) is 5.92 Å². The SMILES string of the molecule is OCCCN1CCCC2CNCC21. The van der Waals surface area contributed by atoms with E-state index in [1.165, 1.54) is 25.9 Å². The van der Waals surface area contributed by atoms with E-state index in [4.69, 9.17) is 5.11 Å². The van der Waals surface area contributed by atoms with Gasteiger partial charge in [-0.15, -0.1) is 0 Å². The minimum absolute atomic E-state index is 0.335. The molecule has 0 aromatic rings. The van der Waals surface area contributed by atoms with Gasteiger partial charge in [-0.25, -0.2) is 0 Å². The number of hydrogen-bond donors (Lipinski definition) is 2. The van der Waals surface area contributed by atoms with E-state index >= 15 is 0 Å². The Morgan fingerprint density at radius 2 is 2.31 bits per heavy atom. The van der Waals surface area contributed by atoms with Crippen LogP contribution in [0.3, 0.4) is 0 Å². The van der Waals surface area contributed by atoms with Gasteiger partial charge in [0.1, 0.15) is 0 Å². The van der Waals surface area contributed by atoms with Gasteiger partial charge in [-0.1, -0.05) is 0 Å². The zero-order valence-corrected chi connectivity index (χ0v) is 8.21. The molecule has 0 saturated carbocycles. The monoisotopic (exact) mass is 184 g/mol. The number of likely N-dealkylation sites (tertiary alicyclic amines) is 1. The highest BCUT2D eigenvalue weighted by Crippen LogP contribution is 2.26. The molecule has 13 heavy (non-hydrogen) atoms. The lowest BCUT2D eigenvalue weighted by molar-refractivity contribution is 0.115. The molecule has 0 aromatic heterocycles. The van der Waals surface area contributed by atoms with E-state index in [2.05, 4.69) is 10.2 Å². The fraction of sp³-hybridized carbons (Fsp3) is 1.00. The highest BCUT2D eigenvalue weighted by molar-refractivity contribution is 4.91. The molecule has 2 heterocycles. The van der Waals surface area contributed by atoms with Crippen LogP contribution in [-0.4, -0.2) is 48.8 Å². The normalized spacial score (nSPS) is 34.8. The van der Waals surface area contributed by atoms with E-state index in [0.717, 1.165) is 31.5 Å². The Morgan fingerprint density at radius 3 is 3.15 bits per heavy atom. The van der Waals surface area contributed by atoms with Crippen molar-refractivity contribution in [2.24, 2.45) is 5.92 Å². The predicted octanol–water partition coefficient (Wildman–Crippen LogP) is 0.0526. The lowest BCUT2D eigenvalue weighted by atomic mass is 9.92. The maximum atomic E-state index is 8.80. The number of hydrogen-bond acceptors (Lipinski definition) is 3. The van der Waals surface area contributed by atoms with Crippen molar-refractivity contribution in [2.75, 3.05) is 32.8 Å². The second kappa shape index (κ2) is 4.40. The molecular weight excluding hydrogens is 164 g/mol. The molecule has 0 aliphatic carbocycles. The van der Waals surface area contributed by atoms with Gasteiger partial charge in [0.25, 0.3) is 0 Å². The van der Waals surface area contributed by atoms with Crippen LogP contribution < -0.4 is 5.32 Å². The van der Waals surface area contributed by atoms with Crippen molar-refractivity contribution < 1.29 is 5.11 Å². The number of fused-ring (bicyclic) bond motifs is 1. The van der Waals surface area contributed by atoms with Crippen molar-refractivity contribution in [3.8, 4) is 0 Å². The fourth-order valence-electron chi connectivity index (χ4n) is 2.71.